The lowest BCUT2D eigenvalue weighted by Crippen LogP contribution is -2.54. The summed E-state index contributed by atoms with van der Waals surface area (Å²) in [5.74, 6) is -0.753. The zero-order valence-electron chi connectivity index (χ0n) is 18.1. The van der Waals surface area contributed by atoms with Gasteiger partial charge >= 0.3 is 0 Å². The topological polar surface area (TPSA) is 113 Å². The minimum absolute atomic E-state index is 0.111. The Hall–Kier alpha value is -3.49. The number of piperidine rings is 1. The number of fused-ring (bicyclic) bond motifs is 1. The van der Waals surface area contributed by atoms with E-state index in [0.29, 0.717) is 29.0 Å². The van der Waals surface area contributed by atoms with Crippen LogP contribution in [0.4, 0.5) is 5.69 Å². The van der Waals surface area contributed by atoms with Gasteiger partial charge in [-0.25, -0.2) is 0 Å². The lowest BCUT2D eigenvalue weighted by molar-refractivity contribution is -0.136. The monoisotopic (exact) mass is 447 g/mol. The molecule has 33 heavy (non-hydrogen) atoms. The van der Waals surface area contributed by atoms with Gasteiger partial charge < -0.3 is 5.32 Å². The molecule has 4 amide bonds. The third-order valence-corrected chi connectivity index (χ3v) is 7.24. The number of hydrogen-bond acceptors (Lipinski definition) is 6. The van der Waals surface area contributed by atoms with Crippen LogP contribution in [0.3, 0.4) is 0 Å². The molecule has 0 spiro atoms. The second-order valence-electron chi connectivity index (χ2n) is 9.57. The highest BCUT2D eigenvalue weighted by Crippen LogP contribution is 2.41. The SMILES string of the molecule is O=C1CCC(N2C(=O)c3ccc(NCC4CC(n5ccc(C6CC6)n5)C4)cc3C2=O)C(=O)N1. The van der Waals surface area contributed by atoms with Crippen LogP contribution in [0.5, 0.6) is 0 Å². The molecule has 0 bridgehead atoms. The quantitative estimate of drug-likeness (QED) is 0.657. The number of nitrogens with one attached hydrogen (secondary N) is 2. The number of hydrogen-bond donors (Lipinski definition) is 2. The summed E-state index contributed by atoms with van der Waals surface area (Å²) in [4.78, 5) is 50.3. The largest absolute Gasteiger partial charge is 0.385 e. The standard InChI is InChI=1S/C24H25N5O4/c30-21-6-5-20(22(31)26-21)29-23(32)17-4-3-15(11-18(17)24(29)33)25-12-13-9-16(10-13)28-8-7-19(27-28)14-1-2-14/h3-4,7-8,11,13-14,16,20,25H,1-2,5-6,9-10,12H2,(H,26,30,31). The molecule has 9 nitrogen and oxygen atoms in total. The van der Waals surface area contributed by atoms with Crippen LogP contribution in [0.1, 0.15) is 76.9 Å². The Labute approximate surface area is 190 Å². The second-order valence-corrected chi connectivity index (χ2v) is 9.57. The van der Waals surface area contributed by atoms with Crippen LogP contribution in [-0.4, -0.2) is 50.9 Å². The van der Waals surface area contributed by atoms with E-state index in [4.69, 9.17) is 5.10 Å². The summed E-state index contributed by atoms with van der Waals surface area (Å²) >= 11 is 0. The van der Waals surface area contributed by atoms with E-state index in [1.54, 1.807) is 18.2 Å². The van der Waals surface area contributed by atoms with Crippen LogP contribution < -0.4 is 10.6 Å². The number of carbonyl (C=O) groups is 4. The zero-order valence-corrected chi connectivity index (χ0v) is 18.1. The summed E-state index contributed by atoms with van der Waals surface area (Å²) in [7, 11) is 0. The molecule has 3 heterocycles. The highest BCUT2D eigenvalue weighted by atomic mass is 16.2. The fraction of sp³-hybridized carbons (Fsp3) is 0.458. The Morgan fingerprint density at radius 2 is 1.79 bits per heavy atom. The predicted molar refractivity (Wildman–Crippen MR) is 118 cm³/mol. The molecule has 2 N–H and O–H groups in total. The Balaban J connectivity index is 1.07. The Bertz CT molecular complexity index is 1180. The molecule has 2 aliphatic heterocycles. The Morgan fingerprint density at radius 3 is 2.55 bits per heavy atom. The molecule has 9 heteroatoms. The predicted octanol–water partition coefficient (Wildman–Crippen LogP) is 2.22. The lowest BCUT2D eigenvalue weighted by atomic mass is 9.80. The molecule has 1 aromatic carbocycles. The van der Waals surface area contributed by atoms with Gasteiger partial charge in [-0.1, -0.05) is 0 Å². The van der Waals surface area contributed by atoms with Crippen molar-refractivity contribution in [3.63, 3.8) is 0 Å². The highest BCUT2D eigenvalue weighted by Gasteiger charge is 2.44. The fourth-order valence-corrected chi connectivity index (χ4v) is 5.08. The number of nitrogens with zero attached hydrogens (tertiary/aromatic N) is 3. The van der Waals surface area contributed by atoms with Crippen molar-refractivity contribution < 1.29 is 19.2 Å². The number of benzene rings is 1. The van der Waals surface area contributed by atoms with E-state index in [1.807, 2.05) is 0 Å². The number of imide groups is 2. The summed E-state index contributed by atoms with van der Waals surface area (Å²) in [5, 5.41) is 10.3. The van der Waals surface area contributed by atoms with E-state index in [-0.39, 0.29) is 18.7 Å². The molecular weight excluding hydrogens is 422 g/mol. The molecule has 2 saturated carbocycles. The van der Waals surface area contributed by atoms with Crippen LogP contribution in [0.2, 0.25) is 0 Å². The minimum atomic E-state index is -0.943. The van der Waals surface area contributed by atoms with Crippen molar-refractivity contribution in [2.45, 2.75) is 56.5 Å². The van der Waals surface area contributed by atoms with Gasteiger partial charge in [-0.05, 0) is 62.3 Å². The van der Waals surface area contributed by atoms with E-state index in [2.05, 4.69) is 27.6 Å². The first-order chi connectivity index (χ1) is 16.0. The first kappa shape index (κ1) is 20.1. The molecule has 2 aromatic rings. The fourth-order valence-electron chi connectivity index (χ4n) is 5.08. The lowest BCUT2D eigenvalue weighted by Gasteiger charge is -2.35. The zero-order chi connectivity index (χ0) is 22.7. The Kier molecular flexibility index (Phi) is 4.60. The molecule has 6 rings (SSSR count). The maximum Gasteiger partial charge on any atom is 0.262 e. The van der Waals surface area contributed by atoms with Gasteiger partial charge in [0.25, 0.3) is 11.8 Å². The van der Waals surface area contributed by atoms with Crippen molar-refractivity contribution in [3.05, 3.63) is 47.3 Å². The van der Waals surface area contributed by atoms with Crippen LogP contribution >= 0.6 is 0 Å². The van der Waals surface area contributed by atoms with E-state index in [0.717, 1.165) is 30.0 Å². The average molecular weight is 447 g/mol. The molecule has 1 atom stereocenters. The number of amides is 4. The first-order valence-corrected chi connectivity index (χ1v) is 11.6. The second kappa shape index (κ2) is 7.54. The molecular formula is C24H25N5O4. The molecule has 4 aliphatic rings. The van der Waals surface area contributed by atoms with Gasteiger partial charge in [-0.3, -0.25) is 34.1 Å². The van der Waals surface area contributed by atoms with Gasteiger partial charge in [0.15, 0.2) is 0 Å². The van der Waals surface area contributed by atoms with Crippen molar-refractivity contribution in [3.8, 4) is 0 Å². The van der Waals surface area contributed by atoms with Gasteiger partial charge in [0.2, 0.25) is 11.8 Å². The maximum absolute atomic E-state index is 12.9. The summed E-state index contributed by atoms with van der Waals surface area (Å²) < 4.78 is 2.10. The maximum atomic E-state index is 12.9. The first-order valence-electron chi connectivity index (χ1n) is 11.6. The van der Waals surface area contributed by atoms with Gasteiger partial charge in [-0.15, -0.1) is 0 Å². The normalized spacial score (nSPS) is 26.8. The summed E-state index contributed by atoms with van der Waals surface area (Å²) in [6.07, 6.45) is 7.00. The van der Waals surface area contributed by atoms with Gasteiger partial charge in [0, 0.05) is 30.8 Å². The van der Waals surface area contributed by atoms with Crippen molar-refractivity contribution in [1.29, 1.82) is 0 Å². The minimum Gasteiger partial charge on any atom is -0.385 e. The summed E-state index contributed by atoms with van der Waals surface area (Å²) in [6, 6.07) is 6.77. The van der Waals surface area contributed by atoms with E-state index in [1.165, 1.54) is 18.5 Å². The van der Waals surface area contributed by atoms with Crippen molar-refractivity contribution in [2.24, 2.45) is 5.92 Å². The van der Waals surface area contributed by atoms with Crippen molar-refractivity contribution in [2.75, 3.05) is 11.9 Å². The number of anilines is 1. The number of carbonyl (C=O) groups excluding carboxylic acids is 4. The van der Waals surface area contributed by atoms with E-state index >= 15 is 0 Å². The van der Waals surface area contributed by atoms with Crippen molar-refractivity contribution >= 4 is 29.3 Å². The van der Waals surface area contributed by atoms with Crippen LogP contribution in [-0.2, 0) is 9.59 Å². The molecule has 3 fully saturated rings. The summed E-state index contributed by atoms with van der Waals surface area (Å²) in [6.45, 7) is 0.783. The number of rotatable bonds is 6. The summed E-state index contributed by atoms with van der Waals surface area (Å²) in [5.41, 5.74) is 2.59. The molecule has 170 valence electrons. The van der Waals surface area contributed by atoms with Crippen molar-refractivity contribution in [1.82, 2.24) is 20.0 Å². The average Bonchev–Trinajstić information content (AvgIpc) is 3.46. The molecule has 1 unspecified atom stereocenters. The molecule has 1 aromatic heterocycles. The van der Waals surface area contributed by atoms with Gasteiger partial charge in [0.05, 0.1) is 22.9 Å². The van der Waals surface area contributed by atoms with Gasteiger partial charge in [-0.2, -0.15) is 5.10 Å². The third kappa shape index (κ3) is 3.51. The van der Waals surface area contributed by atoms with Crippen LogP contribution in [0, 0.1) is 5.92 Å². The van der Waals surface area contributed by atoms with Crippen LogP contribution in [0.25, 0.3) is 0 Å². The van der Waals surface area contributed by atoms with E-state index in [9.17, 15) is 19.2 Å². The third-order valence-electron chi connectivity index (χ3n) is 7.24. The molecule has 1 saturated heterocycles. The molecule has 0 radical (unpaired) electrons. The number of aromatic nitrogens is 2. The Morgan fingerprint density at radius 1 is 1.00 bits per heavy atom. The smallest absolute Gasteiger partial charge is 0.262 e. The van der Waals surface area contributed by atoms with Gasteiger partial charge in [0.1, 0.15) is 6.04 Å². The highest BCUT2D eigenvalue weighted by molar-refractivity contribution is 6.23. The molecule has 2 aliphatic carbocycles. The van der Waals surface area contributed by atoms with E-state index < -0.39 is 23.8 Å². The van der Waals surface area contributed by atoms with Crippen LogP contribution in [0.15, 0.2) is 30.5 Å².